The second-order valence-corrected chi connectivity index (χ2v) is 11.6. The van der Waals surface area contributed by atoms with Gasteiger partial charge in [-0.15, -0.1) is 0 Å². The van der Waals surface area contributed by atoms with Gasteiger partial charge >= 0.3 is 0 Å². The van der Waals surface area contributed by atoms with Gasteiger partial charge in [0.2, 0.25) is 5.91 Å². The molecule has 4 aliphatic carbocycles. The number of carbonyl (C=O) groups excluding carboxylic acids is 1. The summed E-state index contributed by atoms with van der Waals surface area (Å²) in [6.07, 6.45) is 9.69. The van der Waals surface area contributed by atoms with E-state index in [-0.39, 0.29) is 11.5 Å². The molecule has 0 radical (unpaired) electrons. The van der Waals surface area contributed by atoms with Crippen molar-refractivity contribution in [3.8, 4) is 5.19 Å². The van der Waals surface area contributed by atoms with Crippen molar-refractivity contribution in [3.63, 3.8) is 0 Å². The van der Waals surface area contributed by atoms with Crippen LogP contribution in [0.1, 0.15) is 62.5 Å². The summed E-state index contributed by atoms with van der Waals surface area (Å²) in [5, 5.41) is 0.785. The van der Waals surface area contributed by atoms with E-state index < -0.39 is 0 Å². The van der Waals surface area contributed by atoms with Gasteiger partial charge in [0, 0.05) is 25.9 Å². The third-order valence-corrected chi connectivity index (χ3v) is 9.49. The average Bonchev–Trinajstić information content (AvgIpc) is 3.15. The third kappa shape index (κ3) is 3.07. The highest BCUT2D eigenvalue weighted by Crippen LogP contribution is 2.60. The van der Waals surface area contributed by atoms with Crippen molar-refractivity contribution < 1.29 is 9.53 Å². The van der Waals surface area contributed by atoms with Crippen LogP contribution in [0, 0.1) is 37.0 Å². The van der Waals surface area contributed by atoms with Crippen molar-refractivity contribution in [3.05, 3.63) is 23.3 Å². The van der Waals surface area contributed by atoms with Crippen molar-refractivity contribution >= 4 is 27.5 Å². The van der Waals surface area contributed by atoms with E-state index in [1.165, 1.54) is 54.4 Å². The molecule has 0 N–H and O–H groups in total. The van der Waals surface area contributed by atoms with Crippen LogP contribution in [0.3, 0.4) is 0 Å². The van der Waals surface area contributed by atoms with Gasteiger partial charge in [0.15, 0.2) is 0 Å². The van der Waals surface area contributed by atoms with E-state index in [0.717, 1.165) is 54.4 Å². The van der Waals surface area contributed by atoms with Crippen molar-refractivity contribution in [1.29, 1.82) is 0 Å². The quantitative estimate of drug-likeness (QED) is 0.653. The molecular weight excluding hydrogens is 392 g/mol. The van der Waals surface area contributed by atoms with Crippen LogP contribution in [0.15, 0.2) is 12.1 Å². The normalized spacial score (nSPS) is 33.4. The zero-order valence-corrected chi connectivity index (χ0v) is 19.0. The number of hydrogen-bond donors (Lipinski definition) is 0. The Labute approximate surface area is 183 Å². The van der Waals surface area contributed by atoms with E-state index in [9.17, 15) is 4.79 Å². The van der Waals surface area contributed by atoms with E-state index in [0.29, 0.717) is 5.91 Å². The van der Waals surface area contributed by atoms with Crippen LogP contribution < -0.4 is 4.74 Å². The van der Waals surface area contributed by atoms with Gasteiger partial charge in [0.25, 0.3) is 5.19 Å². The van der Waals surface area contributed by atoms with E-state index >= 15 is 0 Å². The molecule has 0 spiro atoms. The first-order valence-corrected chi connectivity index (χ1v) is 12.6. The van der Waals surface area contributed by atoms with Gasteiger partial charge in [0.05, 0.1) is 15.6 Å². The standard InChI is InChI=1S/C25H32N2O2S/c1-15-3-4-16(2)22-21(15)26-24(30-22)29-20-5-7-27(8-6-20)23(28)25-12-17-9-18(13-25)11-19(10-17)14-25/h3-4,17-20H,5-14H2,1-2H3. The number of carbonyl (C=O) groups is 1. The van der Waals surface area contributed by atoms with Gasteiger partial charge in [-0.25, -0.2) is 4.98 Å². The van der Waals surface area contributed by atoms with E-state index in [2.05, 4.69) is 30.9 Å². The number of aromatic nitrogens is 1. The lowest BCUT2D eigenvalue weighted by molar-refractivity contribution is -0.159. The first kappa shape index (κ1) is 19.1. The highest BCUT2D eigenvalue weighted by molar-refractivity contribution is 7.20. The number of aryl methyl sites for hydroxylation is 2. The molecule has 160 valence electrons. The van der Waals surface area contributed by atoms with E-state index in [1.54, 1.807) is 11.3 Å². The molecule has 5 aliphatic rings. The molecule has 7 rings (SSSR count). The van der Waals surface area contributed by atoms with E-state index in [4.69, 9.17) is 9.72 Å². The van der Waals surface area contributed by atoms with Gasteiger partial charge < -0.3 is 9.64 Å². The number of thiazole rings is 1. The topological polar surface area (TPSA) is 42.4 Å². The molecule has 1 aromatic heterocycles. The summed E-state index contributed by atoms with van der Waals surface area (Å²) < 4.78 is 7.53. The van der Waals surface area contributed by atoms with Crippen LogP contribution in [0.4, 0.5) is 0 Å². The van der Waals surface area contributed by atoms with Crippen LogP contribution in [0.2, 0.25) is 0 Å². The molecule has 1 aliphatic heterocycles. The summed E-state index contributed by atoms with van der Waals surface area (Å²) in [5.74, 6) is 2.96. The predicted molar refractivity (Wildman–Crippen MR) is 120 cm³/mol. The number of rotatable bonds is 3. The lowest BCUT2D eigenvalue weighted by atomic mass is 9.49. The second-order valence-electron chi connectivity index (χ2n) is 10.7. The molecule has 5 heteroatoms. The number of hydrogen-bond acceptors (Lipinski definition) is 4. The van der Waals surface area contributed by atoms with Crippen molar-refractivity contribution in [2.45, 2.75) is 71.3 Å². The van der Waals surface area contributed by atoms with Crippen molar-refractivity contribution in [2.24, 2.45) is 23.2 Å². The molecule has 1 amide bonds. The second kappa shape index (κ2) is 6.94. The van der Waals surface area contributed by atoms with Crippen LogP contribution >= 0.6 is 11.3 Å². The molecule has 1 aromatic carbocycles. The molecule has 4 nitrogen and oxygen atoms in total. The summed E-state index contributed by atoms with van der Waals surface area (Å²) >= 11 is 1.66. The molecular formula is C25H32N2O2S. The fourth-order valence-corrected chi connectivity index (χ4v) is 8.35. The Morgan fingerprint density at radius 3 is 2.23 bits per heavy atom. The monoisotopic (exact) mass is 424 g/mol. The highest BCUT2D eigenvalue weighted by Gasteiger charge is 2.55. The molecule has 2 heterocycles. The number of nitrogens with zero attached hydrogens (tertiary/aromatic N) is 2. The Balaban J connectivity index is 1.11. The molecule has 1 saturated heterocycles. The zero-order chi connectivity index (χ0) is 20.5. The maximum absolute atomic E-state index is 13.6. The minimum Gasteiger partial charge on any atom is -0.467 e. The maximum Gasteiger partial charge on any atom is 0.274 e. The van der Waals surface area contributed by atoms with Gasteiger partial charge in [-0.2, -0.15) is 0 Å². The van der Waals surface area contributed by atoms with Gasteiger partial charge in [-0.05, 0) is 81.3 Å². The molecule has 0 unspecified atom stereocenters. The smallest absolute Gasteiger partial charge is 0.274 e. The highest BCUT2D eigenvalue weighted by atomic mass is 32.1. The SMILES string of the molecule is Cc1ccc(C)c2sc(OC3CCN(C(=O)C45CC6CC(CC(C6)C4)C5)CC3)nc12. The van der Waals surface area contributed by atoms with Crippen molar-refractivity contribution in [2.75, 3.05) is 13.1 Å². The zero-order valence-electron chi connectivity index (χ0n) is 18.2. The number of likely N-dealkylation sites (tertiary alicyclic amines) is 1. The Kier molecular flexibility index (Phi) is 4.42. The van der Waals surface area contributed by atoms with E-state index in [1.807, 2.05) is 0 Å². The largest absolute Gasteiger partial charge is 0.467 e. The Morgan fingerprint density at radius 2 is 1.63 bits per heavy atom. The third-order valence-electron chi connectivity index (χ3n) is 8.41. The molecule has 2 aromatic rings. The predicted octanol–water partition coefficient (Wildman–Crippen LogP) is 5.50. The Bertz CT molecular complexity index is 914. The summed E-state index contributed by atoms with van der Waals surface area (Å²) in [4.78, 5) is 20.5. The van der Waals surface area contributed by atoms with Gasteiger partial charge in [-0.3, -0.25) is 4.79 Å². The molecule has 30 heavy (non-hydrogen) atoms. The number of fused-ring (bicyclic) bond motifs is 1. The maximum atomic E-state index is 13.6. The van der Waals surface area contributed by atoms with Crippen LogP contribution in [0.25, 0.3) is 10.2 Å². The van der Waals surface area contributed by atoms with Gasteiger partial charge in [-0.1, -0.05) is 23.5 Å². The van der Waals surface area contributed by atoms with Crippen LogP contribution in [-0.2, 0) is 4.79 Å². The number of piperidine rings is 1. The summed E-state index contributed by atoms with van der Waals surface area (Å²) in [7, 11) is 0. The summed E-state index contributed by atoms with van der Waals surface area (Å²) in [5.41, 5.74) is 3.53. The first-order chi connectivity index (χ1) is 14.5. The van der Waals surface area contributed by atoms with Gasteiger partial charge in [0.1, 0.15) is 6.10 Å². The Hall–Kier alpha value is -1.62. The fourth-order valence-electron chi connectivity index (χ4n) is 7.32. The lowest BCUT2D eigenvalue weighted by Crippen LogP contribution is -2.56. The molecule has 0 atom stereocenters. The lowest BCUT2D eigenvalue weighted by Gasteiger charge is -2.57. The first-order valence-electron chi connectivity index (χ1n) is 11.8. The number of amides is 1. The molecule has 4 bridgehead atoms. The number of ether oxygens (including phenoxy) is 1. The summed E-state index contributed by atoms with van der Waals surface area (Å²) in [6.45, 7) is 5.93. The molecule has 5 fully saturated rings. The van der Waals surface area contributed by atoms with Crippen LogP contribution in [-0.4, -0.2) is 35.0 Å². The Morgan fingerprint density at radius 1 is 1.03 bits per heavy atom. The van der Waals surface area contributed by atoms with Crippen LogP contribution in [0.5, 0.6) is 5.19 Å². The number of benzene rings is 1. The fraction of sp³-hybridized carbons (Fsp3) is 0.680. The minimum absolute atomic E-state index is 0.00940. The average molecular weight is 425 g/mol. The molecule has 4 saturated carbocycles. The minimum atomic E-state index is -0.00940. The summed E-state index contributed by atoms with van der Waals surface area (Å²) in [6, 6.07) is 4.30. The van der Waals surface area contributed by atoms with Crippen molar-refractivity contribution in [1.82, 2.24) is 9.88 Å².